The minimum Gasteiger partial charge on any atom is -0.382 e. The first-order chi connectivity index (χ1) is 12.5. The number of carbonyl (C=O) groups excluding carboxylic acids is 1. The molecule has 2 aliphatic heterocycles. The number of anilines is 1. The topological polar surface area (TPSA) is 79.8 Å². The van der Waals surface area contributed by atoms with Crippen LogP contribution in [0.25, 0.3) is 5.52 Å². The van der Waals surface area contributed by atoms with Crippen molar-refractivity contribution >= 4 is 33.3 Å². The van der Waals surface area contributed by atoms with E-state index in [1.54, 1.807) is 6.20 Å². The third-order valence-electron chi connectivity index (χ3n) is 6.19. The third-order valence-corrected chi connectivity index (χ3v) is 6.74. The average molecular weight is 421 g/mol. The van der Waals surface area contributed by atoms with Gasteiger partial charge in [0.25, 0.3) is 0 Å². The normalized spacial score (nSPS) is 26.4. The van der Waals surface area contributed by atoms with Gasteiger partial charge in [-0.15, -0.1) is 0 Å². The fourth-order valence-corrected chi connectivity index (χ4v) is 5.12. The van der Waals surface area contributed by atoms with Gasteiger partial charge in [-0.1, -0.05) is 6.92 Å². The SMILES string of the molecule is CCN1CC[C@H]2CC[C@@](CC)(c3nc(Br)c4c(N)nccn34)CN2C1=O. The van der Waals surface area contributed by atoms with Crippen LogP contribution in [0.1, 0.15) is 45.4 Å². The fourth-order valence-electron chi connectivity index (χ4n) is 4.56. The number of hydrogen-bond acceptors (Lipinski definition) is 4. The van der Waals surface area contributed by atoms with Gasteiger partial charge in [-0.2, -0.15) is 0 Å². The summed E-state index contributed by atoms with van der Waals surface area (Å²) in [4.78, 5) is 26.0. The third kappa shape index (κ3) is 2.49. The van der Waals surface area contributed by atoms with Crippen molar-refractivity contribution in [3.63, 3.8) is 0 Å². The monoisotopic (exact) mass is 420 g/mol. The summed E-state index contributed by atoms with van der Waals surface area (Å²) in [6.07, 6.45) is 7.65. The highest BCUT2D eigenvalue weighted by Gasteiger charge is 2.46. The minimum absolute atomic E-state index is 0.169. The van der Waals surface area contributed by atoms with Crippen LogP contribution < -0.4 is 5.73 Å². The number of imidazole rings is 1. The number of fused-ring (bicyclic) bond motifs is 2. The number of urea groups is 1. The van der Waals surface area contributed by atoms with Crippen molar-refractivity contribution in [1.82, 2.24) is 24.2 Å². The maximum Gasteiger partial charge on any atom is 0.320 e. The molecule has 0 bridgehead atoms. The second-order valence-corrected chi connectivity index (χ2v) is 8.11. The van der Waals surface area contributed by atoms with Crippen LogP contribution in [0, 0.1) is 0 Å². The second kappa shape index (κ2) is 6.40. The maximum absolute atomic E-state index is 12.9. The van der Waals surface area contributed by atoms with Crippen LogP contribution in [0.5, 0.6) is 0 Å². The smallest absolute Gasteiger partial charge is 0.320 e. The first-order valence-electron chi connectivity index (χ1n) is 9.35. The molecule has 2 fully saturated rings. The van der Waals surface area contributed by atoms with Gasteiger partial charge in [0, 0.05) is 43.5 Å². The van der Waals surface area contributed by atoms with Crippen LogP contribution in [0.3, 0.4) is 0 Å². The Morgan fingerprint density at radius 3 is 2.92 bits per heavy atom. The number of aromatic nitrogens is 3. The minimum atomic E-state index is -0.175. The molecule has 0 aliphatic carbocycles. The van der Waals surface area contributed by atoms with Crippen LogP contribution in [0.4, 0.5) is 10.6 Å². The summed E-state index contributed by atoms with van der Waals surface area (Å²) in [5.41, 5.74) is 6.70. The van der Waals surface area contributed by atoms with Gasteiger partial charge in [0.1, 0.15) is 15.9 Å². The van der Waals surface area contributed by atoms with Crippen molar-refractivity contribution in [2.75, 3.05) is 25.4 Å². The number of amides is 2. The number of nitrogen functional groups attached to an aromatic ring is 1. The lowest BCUT2D eigenvalue weighted by Crippen LogP contribution is -2.61. The first-order valence-corrected chi connectivity index (χ1v) is 10.1. The highest BCUT2D eigenvalue weighted by atomic mass is 79.9. The Bertz CT molecular complexity index is 852. The summed E-state index contributed by atoms with van der Waals surface area (Å²) in [5.74, 6) is 1.43. The molecule has 0 radical (unpaired) electrons. The number of nitrogens with two attached hydrogens (primary N) is 1. The molecule has 2 N–H and O–H groups in total. The molecule has 2 saturated heterocycles. The van der Waals surface area contributed by atoms with E-state index >= 15 is 0 Å². The molecule has 7 nitrogen and oxygen atoms in total. The Morgan fingerprint density at radius 2 is 2.19 bits per heavy atom. The van der Waals surface area contributed by atoms with Crippen LogP contribution in [-0.2, 0) is 5.41 Å². The van der Waals surface area contributed by atoms with Crippen LogP contribution in [-0.4, -0.2) is 55.9 Å². The number of hydrogen-bond donors (Lipinski definition) is 1. The summed E-state index contributed by atoms with van der Waals surface area (Å²) in [7, 11) is 0. The standard InChI is InChI=1S/C18H25BrN6O/c1-3-18(16-22-14(19)13-15(20)21-8-10-24(13)16)7-5-12-6-9-23(4-2)17(26)25(12)11-18/h8,10,12H,3-7,9,11H2,1-2H3,(H2,20,21)/t12-,18-/m1/s1. The summed E-state index contributed by atoms with van der Waals surface area (Å²) in [6.45, 7) is 6.57. The van der Waals surface area contributed by atoms with Crippen LogP contribution >= 0.6 is 15.9 Å². The van der Waals surface area contributed by atoms with E-state index in [-0.39, 0.29) is 11.4 Å². The molecule has 4 rings (SSSR count). The van der Waals surface area contributed by atoms with Gasteiger partial charge in [0.05, 0.1) is 0 Å². The molecule has 4 heterocycles. The Hall–Kier alpha value is -1.83. The van der Waals surface area contributed by atoms with E-state index in [4.69, 9.17) is 10.7 Å². The number of carbonyl (C=O) groups is 1. The quantitative estimate of drug-likeness (QED) is 0.827. The van der Waals surface area contributed by atoms with Crippen molar-refractivity contribution in [1.29, 1.82) is 0 Å². The van der Waals surface area contributed by atoms with Gasteiger partial charge in [-0.05, 0) is 48.5 Å². The largest absolute Gasteiger partial charge is 0.382 e. The molecule has 2 aromatic rings. The van der Waals surface area contributed by atoms with Crippen molar-refractivity contribution in [3.8, 4) is 0 Å². The van der Waals surface area contributed by atoms with Crippen molar-refractivity contribution in [2.45, 2.75) is 51.0 Å². The Morgan fingerprint density at radius 1 is 1.38 bits per heavy atom. The Kier molecular flexibility index (Phi) is 4.33. The Labute approximate surface area is 161 Å². The summed E-state index contributed by atoms with van der Waals surface area (Å²) in [5, 5.41) is 0. The van der Waals surface area contributed by atoms with Crippen LogP contribution in [0.15, 0.2) is 17.0 Å². The zero-order valence-corrected chi connectivity index (χ0v) is 16.9. The van der Waals surface area contributed by atoms with Gasteiger partial charge >= 0.3 is 6.03 Å². The summed E-state index contributed by atoms with van der Waals surface area (Å²) in [6, 6.07) is 0.522. The van der Waals surface area contributed by atoms with E-state index in [1.807, 2.05) is 22.4 Å². The lowest BCUT2D eigenvalue weighted by atomic mass is 9.74. The molecular weight excluding hydrogens is 396 g/mol. The molecule has 2 aliphatic rings. The molecule has 0 aromatic carbocycles. The predicted molar refractivity (Wildman–Crippen MR) is 104 cm³/mol. The molecule has 2 amide bonds. The molecular formula is C18H25BrN6O. The summed E-state index contributed by atoms with van der Waals surface area (Å²) >= 11 is 3.55. The predicted octanol–water partition coefficient (Wildman–Crippen LogP) is 3.03. The zero-order chi connectivity index (χ0) is 18.5. The number of nitrogens with zero attached hydrogens (tertiary/aromatic N) is 5. The lowest BCUT2D eigenvalue weighted by Gasteiger charge is -2.50. The molecule has 0 unspecified atom stereocenters. The molecule has 8 heteroatoms. The zero-order valence-electron chi connectivity index (χ0n) is 15.3. The highest BCUT2D eigenvalue weighted by molar-refractivity contribution is 9.10. The van der Waals surface area contributed by atoms with Gasteiger partial charge in [0.15, 0.2) is 5.82 Å². The van der Waals surface area contributed by atoms with E-state index in [1.165, 1.54) is 0 Å². The molecule has 140 valence electrons. The van der Waals surface area contributed by atoms with E-state index in [2.05, 4.69) is 32.7 Å². The number of halogens is 1. The van der Waals surface area contributed by atoms with E-state index in [0.29, 0.717) is 23.0 Å². The molecule has 2 atom stereocenters. The summed E-state index contributed by atoms with van der Waals surface area (Å²) < 4.78 is 2.76. The number of rotatable bonds is 3. The average Bonchev–Trinajstić information content (AvgIpc) is 3.00. The van der Waals surface area contributed by atoms with Gasteiger partial charge in [0.2, 0.25) is 0 Å². The highest BCUT2D eigenvalue weighted by Crippen LogP contribution is 2.42. The lowest BCUT2D eigenvalue weighted by molar-refractivity contribution is 0.0478. The maximum atomic E-state index is 12.9. The molecule has 0 spiro atoms. The van der Waals surface area contributed by atoms with Crippen molar-refractivity contribution in [3.05, 3.63) is 22.8 Å². The van der Waals surface area contributed by atoms with E-state index < -0.39 is 0 Å². The molecule has 2 aromatic heterocycles. The van der Waals surface area contributed by atoms with Gasteiger partial charge in [-0.25, -0.2) is 14.8 Å². The van der Waals surface area contributed by atoms with Crippen LogP contribution in [0.2, 0.25) is 0 Å². The molecule has 0 saturated carbocycles. The fraction of sp³-hybridized carbons (Fsp3) is 0.611. The van der Waals surface area contributed by atoms with E-state index in [0.717, 1.165) is 50.1 Å². The van der Waals surface area contributed by atoms with Crippen molar-refractivity contribution < 1.29 is 4.79 Å². The molecule has 26 heavy (non-hydrogen) atoms. The van der Waals surface area contributed by atoms with Gasteiger partial charge < -0.3 is 15.5 Å². The second-order valence-electron chi connectivity index (χ2n) is 7.36. The van der Waals surface area contributed by atoms with Crippen molar-refractivity contribution in [2.24, 2.45) is 0 Å². The van der Waals surface area contributed by atoms with Gasteiger partial charge in [-0.3, -0.25) is 4.40 Å². The first kappa shape index (κ1) is 17.6. The Balaban J connectivity index is 1.77. The number of piperidine rings is 1. The van der Waals surface area contributed by atoms with E-state index in [9.17, 15) is 4.79 Å².